The maximum absolute atomic E-state index is 6.63. The van der Waals surface area contributed by atoms with Crippen LogP contribution >= 0.6 is 0 Å². The summed E-state index contributed by atoms with van der Waals surface area (Å²) in [6, 6.07) is 15.9. The molecule has 140 valence electrons. The minimum absolute atomic E-state index is 0.231. The number of fused-ring (bicyclic) bond motifs is 1. The van der Waals surface area contributed by atoms with Crippen molar-refractivity contribution in [3.63, 3.8) is 0 Å². The van der Waals surface area contributed by atoms with Gasteiger partial charge in [-0.05, 0) is 23.8 Å². The Morgan fingerprint density at radius 3 is 2.64 bits per heavy atom. The van der Waals surface area contributed by atoms with Gasteiger partial charge in [-0.1, -0.05) is 30.3 Å². The molecule has 2 aliphatic heterocycles. The summed E-state index contributed by atoms with van der Waals surface area (Å²) in [5.74, 6) is 2.10. The number of imidazole rings is 1. The Morgan fingerprint density at radius 2 is 1.86 bits per heavy atom. The number of ether oxygens (including phenoxy) is 2. The van der Waals surface area contributed by atoms with Gasteiger partial charge in [-0.2, -0.15) is 0 Å². The molecule has 0 saturated carbocycles. The molecule has 0 aliphatic carbocycles. The predicted molar refractivity (Wildman–Crippen MR) is 106 cm³/mol. The molecule has 0 saturated heterocycles. The monoisotopic (exact) mass is 373 g/mol. The van der Waals surface area contributed by atoms with Crippen LogP contribution in [0, 0.1) is 0 Å². The van der Waals surface area contributed by atoms with Gasteiger partial charge >= 0.3 is 0 Å². The SMILES string of the molecule is CN1C(N)=C(c2ccccc2)C(c2ccc3c(c2)OCO3)=NC1n1ccnc1. The second-order valence-corrected chi connectivity index (χ2v) is 6.64. The number of benzene rings is 2. The molecule has 2 N–H and O–H groups in total. The zero-order valence-corrected chi connectivity index (χ0v) is 15.3. The first-order valence-electron chi connectivity index (χ1n) is 8.96. The van der Waals surface area contributed by atoms with Crippen molar-refractivity contribution in [1.29, 1.82) is 0 Å². The Kier molecular flexibility index (Phi) is 3.79. The summed E-state index contributed by atoms with van der Waals surface area (Å²) in [4.78, 5) is 11.1. The van der Waals surface area contributed by atoms with Crippen LogP contribution in [0.5, 0.6) is 11.5 Å². The third kappa shape index (κ3) is 2.60. The number of aliphatic imine (C=N–C) groups is 1. The standard InChI is InChI=1S/C21H19N5O2/c1-25-20(22)18(14-5-3-2-4-6-14)19(24-21(25)26-10-9-23-12-26)15-7-8-16-17(11-15)28-13-27-16/h2-12,21H,13,22H2,1H3. The van der Waals surface area contributed by atoms with Gasteiger partial charge in [0.05, 0.1) is 12.0 Å². The van der Waals surface area contributed by atoms with Crippen molar-refractivity contribution >= 4 is 11.3 Å². The molecule has 0 bridgehead atoms. The number of hydrogen-bond acceptors (Lipinski definition) is 6. The fourth-order valence-corrected chi connectivity index (χ4v) is 3.51. The molecule has 0 fully saturated rings. The van der Waals surface area contributed by atoms with Gasteiger partial charge < -0.3 is 20.1 Å². The van der Waals surface area contributed by atoms with E-state index in [1.165, 1.54) is 0 Å². The van der Waals surface area contributed by atoms with Gasteiger partial charge in [0.25, 0.3) is 0 Å². The highest BCUT2D eigenvalue weighted by atomic mass is 16.7. The quantitative estimate of drug-likeness (QED) is 0.764. The van der Waals surface area contributed by atoms with Crippen molar-refractivity contribution in [2.24, 2.45) is 10.7 Å². The number of nitrogens with two attached hydrogens (primary N) is 1. The maximum Gasteiger partial charge on any atom is 0.231 e. The van der Waals surface area contributed by atoms with Gasteiger partial charge in [0.2, 0.25) is 13.1 Å². The number of nitrogens with zero attached hydrogens (tertiary/aromatic N) is 4. The van der Waals surface area contributed by atoms with Crippen LogP contribution in [0.2, 0.25) is 0 Å². The van der Waals surface area contributed by atoms with Crippen molar-refractivity contribution in [1.82, 2.24) is 14.5 Å². The number of allylic oxidation sites excluding steroid dienone is 1. The molecule has 1 unspecified atom stereocenters. The smallest absolute Gasteiger partial charge is 0.231 e. The van der Waals surface area contributed by atoms with Gasteiger partial charge in [0.15, 0.2) is 11.5 Å². The Hall–Kier alpha value is -3.74. The summed E-state index contributed by atoms with van der Waals surface area (Å²) in [6.07, 6.45) is 5.03. The lowest BCUT2D eigenvalue weighted by atomic mass is 9.94. The lowest BCUT2D eigenvalue weighted by molar-refractivity contribution is 0.174. The molecule has 1 aromatic heterocycles. The van der Waals surface area contributed by atoms with Crippen molar-refractivity contribution in [3.05, 3.63) is 84.2 Å². The van der Waals surface area contributed by atoms with E-state index in [4.69, 9.17) is 20.2 Å². The predicted octanol–water partition coefficient (Wildman–Crippen LogP) is 2.83. The van der Waals surface area contributed by atoms with E-state index in [0.29, 0.717) is 11.6 Å². The number of hydrogen-bond donors (Lipinski definition) is 1. The third-order valence-corrected chi connectivity index (χ3v) is 4.96. The summed E-state index contributed by atoms with van der Waals surface area (Å²) in [7, 11) is 1.93. The zero-order valence-electron chi connectivity index (χ0n) is 15.3. The normalized spacial score (nSPS) is 18.4. The average Bonchev–Trinajstić information content (AvgIpc) is 3.41. The fraction of sp³-hybridized carbons (Fsp3) is 0.143. The first kappa shape index (κ1) is 16.4. The highest BCUT2D eigenvalue weighted by Gasteiger charge is 2.30. The summed E-state index contributed by atoms with van der Waals surface area (Å²) < 4.78 is 12.9. The molecule has 1 atom stereocenters. The first-order chi connectivity index (χ1) is 13.7. The largest absolute Gasteiger partial charge is 0.454 e. The topological polar surface area (TPSA) is 77.9 Å². The fourth-order valence-electron chi connectivity index (χ4n) is 3.51. The molecule has 28 heavy (non-hydrogen) atoms. The lowest BCUT2D eigenvalue weighted by Gasteiger charge is -2.34. The van der Waals surface area contributed by atoms with E-state index in [2.05, 4.69) is 4.98 Å². The van der Waals surface area contributed by atoms with E-state index >= 15 is 0 Å². The molecule has 5 rings (SSSR count). The van der Waals surface area contributed by atoms with Gasteiger partial charge in [-0.25, -0.2) is 9.98 Å². The average molecular weight is 373 g/mol. The maximum atomic E-state index is 6.63. The van der Waals surface area contributed by atoms with Gasteiger partial charge in [0.1, 0.15) is 5.82 Å². The van der Waals surface area contributed by atoms with Crippen LogP contribution in [0.4, 0.5) is 0 Å². The second-order valence-electron chi connectivity index (χ2n) is 6.64. The Balaban J connectivity index is 1.69. The molecule has 3 heterocycles. The zero-order chi connectivity index (χ0) is 19.1. The van der Waals surface area contributed by atoms with Gasteiger partial charge in [-0.15, -0.1) is 0 Å². The van der Waals surface area contributed by atoms with Crippen molar-refractivity contribution in [3.8, 4) is 11.5 Å². The molecule has 7 nitrogen and oxygen atoms in total. The van der Waals surface area contributed by atoms with E-state index < -0.39 is 0 Å². The van der Waals surface area contributed by atoms with Gasteiger partial charge in [-0.3, -0.25) is 4.57 Å². The first-order valence-corrected chi connectivity index (χ1v) is 8.96. The van der Waals surface area contributed by atoms with Crippen LogP contribution in [-0.4, -0.2) is 34.0 Å². The molecule has 0 amide bonds. The van der Waals surface area contributed by atoms with Crippen LogP contribution < -0.4 is 15.2 Å². The second kappa shape index (κ2) is 6.45. The van der Waals surface area contributed by atoms with Crippen LogP contribution in [0.15, 0.2) is 78.1 Å². The van der Waals surface area contributed by atoms with Crippen LogP contribution in [-0.2, 0) is 0 Å². The number of rotatable bonds is 3. The molecular weight excluding hydrogens is 354 g/mol. The van der Waals surface area contributed by atoms with Crippen molar-refractivity contribution < 1.29 is 9.47 Å². The van der Waals surface area contributed by atoms with E-state index in [-0.39, 0.29) is 13.1 Å². The summed E-state index contributed by atoms with van der Waals surface area (Å²) >= 11 is 0. The Morgan fingerprint density at radius 1 is 1.04 bits per heavy atom. The highest BCUT2D eigenvalue weighted by molar-refractivity contribution is 6.32. The van der Waals surface area contributed by atoms with Crippen LogP contribution in [0.25, 0.3) is 5.57 Å². The molecule has 0 radical (unpaired) electrons. The summed E-state index contributed by atoms with van der Waals surface area (Å²) in [5.41, 5.74) is 10.2. The van der Waals surface area contributed by atoms with E-state index in [0.717, 1.165) is 28.2 Å². The van der Waals surface area contributed by atoms with E-state index in [1.807, 2.05) is 71.2 Å². The van der Waals surface area contributed by atoms with Gasteiger partial charge in [0, 0.05) is 30.6 Å². The highest BCUT2D eigenvalue weighted by Crippen LogP contribution is 2.37. The van der Waals surface area contributed by atoms with Crippen molar-refractivity contribution in [2.45, 2.75) is 6.29 Å². The number of aromatic nitrogens is 2. The minimum Gasteiger partial charge on any atom is -0.454 e. The summed E-state index contributed by atoms with van der Waals surface area (Å²) in [6.45, 7) is 0.231. The Labute approximate surface area is 162 Å². The third-order valence-electron chi connectivity index (χ3n) is 4.96. The molecular formula is C21H19N5O2. The molecule has 7 heteroatoms. The molecule has 0 spiro atoms. The van der Waals surface area contributed by atoms with E-state index in [1.54, 1.807) is 12.5 Å². The summed E-state index contributed by atoms with van der Waals surface area (Å²) in [5, 5.41) is 0. The van der Waals surface area contributed by atoms with Crippen LogP contribution in [0.1, 0.15) is 17.4 Å². The van der Waals surface area contributed by atoms with Crippen molar-refractivity contribution in [2.75, 3.05) is 13.8 Å². The molecule has 2 aromatic carbocycles. The molecule has 3 aromatic rings. The Bertz CT molecular complexity index is 1070. The van der Waals surface area contributed by atoms with Crippen LogP contribution in [0.3, 0.4) is 0 Å². The minimum atomic E-state index is -0.324. The lowest BCUT2D eigenvalue weighted by Crippen LogP contribution is -2.36. The van der Waals surface area contributed by atoms with E-state index in [9.17, 15) is 0 Å². The molecule has 2 aliphatic rings.